The Hall–Kier alpha value is -1.01. The van der Waals surface area contributed by atoms with E-state index in [2.05, 4.69) is 5.16 Å². The van der Waals surface area contributed by atoms with Gasteiger partial charge in [0.15, 0.2) is 0 Å². The lowest BCUT2D eigenvalue weighted by Gasteiger charge is -2.32. The maximum absolute atomic E-state index is 6.12. The third-order valence-corrected chi connectivity index (χ3v) is 4.97. The third-order valence-electron chi connectivity index (χ3n) is 4.53. The first-order valence-corrected chi connectivity index (χ1v) is 8.14. The van der Waals surface area contributed by atoms with Crippen molar-refractivity contribution in [2.24, 2.45) is 0 Å². The number of aromatic nitrogens is 1. The van der Waals surface area contributed by atoms with E-state index in [4.69, 9.17) is 37.0 Å². The Morgan fingerprint density at radius 1 is 0.957 bits per heavy atom. The minimum atomic E-state index is -0.556. The monoisotopic (exact) mass is 353 g/mol. The van der Waals surface area contributed by atoms with Crippen LogP contribution in [0.4, 0.5) is 0 Å². The molecule has 2 aromatic rings. The molecule has 4 nitrogen and oxygen atoms in total. The van der Waals surface area contributed by atoms with E-state index in [0.29, 0.717) is 21.5 Å². The number of rotatable bonds is 2. The first-order chi connectivity index (χ1) is 10.6. The van der Waals surface area contributed by atoms with Crippen molar-refractivity contribution in [3.63, 3.8) is 0 Å². The van der Waals surface area contributed by atoms with Gasteiger partial charge in [0.1, 0.15) is 11.5 Å². The molecule has 7 heteroatoms. The minimum absolute atomic E-state index is 0.440. The molecular weight excluding hydrogens is 336 g/mol. The van der Waals surface area contributed by atoms with Gasteiger partial charge in [-0.05, 0) is 52.8 Å². The Balaban J connectivity index is 2.07. The molecule has 0 radical (unpaired) electrons. The molecule has 0 bridgehead atoms. The molecule has 0 aliphatic carbocycles. The normalized spacial score (nSPS) is 19.3. The summed E-state index contributed by atoms with van der Waals surface area (Å²) in [5, 5.41) is 5.23. The van der Waals surface area contributed by atoms with E-state index >= 15 is 0 Å². The van der Waals surface area contributed by atoms with E-state index in [1.54, 1.807) is 18.2 Å². The van der Waals surface area contributed by atoms with Gasteiger partial charge in [-0.3, -0.25) is 0 Å². The highest BCUT2D eigenvalue weighted by molar-refractivity contribution is 6.64. The molecule has 0 spiro atoms. The average Bonchev–Trinajstić information content (AvgIpc) is 2.86. The van der Waals surface area contributed by atoms with Crippen LogP contribution in [0, 0.1) is 6.92 Å². The van der Waals surface area contributed by atoms with E-state index in [1.165, 1.54) is 0 Å². The summed E-state index contributed by atoms with van der Waals surface area (Å²) in [6, 6.07) is 5.26. The quantitative estimate of drug-likeness (QED) is 0.757. The van der Waals surface area contributed by atoms with Crippen LogP contribution in [0.25, 0.3) is 11.3 Å². The van der Waals surface area contributed by atoms with Gasteiger partial charge in [-0.2, -0.15) is 0 Å². The molecule has 1 saturated heterocycles. The highest BCUT2D eigenvalue weighted by atomic mass is 35.5. The predicted molar refractivity (Wildman–Crippen MR) is 92.4 cm³/mol. The van der Waals surface area contributed by atoms with Gasteiger partial charge in [-0.25, -0.2) is 0 Å². The molecule has 1 aromatic carbocycles. The van der Waals surface area contributed by atoms with Crippen LogP contribution >= 0.6 is 23.2 Å². The highest BCUT2D eigenvalue weighted by Crippen LogP contribution is 2.38. The lowest BCUT2D eigenvalue weighted by atomic mass is 9.76. The van der Waals surface area contributed by atoms with Gasteiger partial charge in [-0.1, -0.05) is 28.4 Å². The molecule has 0 atom stereocenters. The van der Waals surface area contributed by atoms with E-state index in [0.717, 1.165) is 11.0 Å². The first kappa shape index (κ1) is 16.8. The molecule has 2 heterocycles. The zero-order valence-electron chi connectivity index (χ0n) is 13.7. The molecule has 1 aliphatic heterocycles. The standard InChI is InChI=1S/C16H18BCl2NO3/c1-9-13(17-22-15(2,3)16(4,5)23-17)14(20-21-9)10-6-11(18)8-12(19)7-10/h6-8H,1-5H3. The summed E-state index contributed by atoms with van der Waals surface area (Å²) in [4.78, 5) is 0. The van der Waals surface area contributed by atoms with Gasteiger partial charge in [-0.15, -0.1) is 0 Å². The molecule has 0 saturated carbocycles. The Labute approximate surface area is 146 Å². The van der Waals surface area contributed by atoms with E-state index in [9.17, 15) is 0 Å². The fourth-order valence-corrected chi connectivity index (χ4v) is 3.04. The topological polar surface area (TPSA) is 44.5 Å². The second-order valence-electron chi connectivity index (χ2n) is 6.75. The zero-order valence-corrected chi connectivity index (χ0v) is 15.2. The van der Waals surface area contributed by atoms with Crippen molar-refractivity contribution in [3.05, 3.63) is 34.0 Å². The number of benzene rings is 1. The third kappa shape index (κ3) is 2.91. The number of halogens is 2. The Bertz CT molecular complexity index is 722. The van der Waals surface area contributed by atoms with Crippen molar-refractivity contribution < 1.29 is 13.8 Å². The molecule has 122 valence electrons. The maximum Gasteiger partial charge on any atom is 0.500 e. The van der Waals surface area contributed by atoms with Crippen LogP contribution in [0.1, 0.15) is 33.5 Å². The summed E-state index contributed by atoms with van der Waals surface area (Å²) in [6.45, 7) is 9.86. The molecule has 3 rings (SSSR count). The lowest BCUT2D eigenvalue weighted by molar-refractivity contribution is 0.00578. The molecule has 0 amide bonds. The summed E-state index contributed by atoms with van der Waals surface area (Å²) in [5.74, 6) is 0.648. The van der Waals surface area contributed by atoms with Crippen molar-refractivity contribution in [2.45, 2.75) is 45.8 Å². The molecular formula is C16H18BCl2NO3. The van der Waals surface area contributed by atoms with Crippen molar-refractivity contribution >= 4 is 35.8 Å². The van der Waals surface area contributed by atoms with E-state index in [-0.39, 0.29) is 0 Å². The van der Waals surface area contributed by atoms with Gasteiger partial charge in [0.05, 0.1) is 16.7 Å². The molecule has 0 N–H and O–H groups in total. The SMILES string of the molecule is Cc1onc(-c2cc(Cl)cc(Cl)c2)c1B1OC(C)(C)C(C)(C)O1. The van der Waals surface area contributed by atoms with E-state index < -0.39 is 18.3 Å². The lowest BCUT2D eigenvalue weighted by Crippen LogP contribution is -2.41. The molecule has 0 unspecified atom stereocenters. The van der Waals surface area contributed by atoms with Gasteiger partial charge < -0.3 is 13.8 Å². The number of hydrogen-bond donors (Lipinski definition) is 0. The van der Waals surface area contributed by atoms with Crippen LogP contribution in [-0.4, -0.2) is 23.5 Å². The highest BCUT2D eigenvalue weighted by Gasteiger charge is 2.53. The van der Waals surface area contributed by atoms with Crippen molar-refractivity contribution in [2.75, 3.05) is 0 Å². The van der Waals surface area contributed by atoms with Crippen LogP contribution in [0.2, 0.25) is 10.0 Å². The summed E-state index contributed by atoms with van der Waals surface area (Å²) in [5.41, 5.74) is 1.28. The summed E-state index contributed by atoms with van der Waals surface area (Å²) < 4.78 is 17.6. The van der Waals surface area contributed by atoms with Crippen LogP contribution in [-0.2, 0) is 9.31 Å². The van der Waals surface area contributed by atoms with Crippen molar-refractivity contribution in [3.8, 4) is 11.3 Å². The van der Waals surface area contributed by atoms with Crippen molar-refractivity contribution in [1.82, 2.24) is 5.16 Å². The number of nitrogens with zero attached hydrogens (tertiary/aromatic N) is 1. The maximum atomic E-state index is 6.12. The van der Waals surface area contributed by atoms with Gasteiger partial charge in [0.2, 0.25) is 0 Å². The smallest absolute Gasteiger partial charge is 0.399 e. The van der Waals surface area contributed by atoms with E-state index in [1.807, 2.05) is 34.6 Å². The number of aryl methyl sites for hydroxylation is 1. The Kier molecular flexibility index (Phi) is 4.04. The first-order valence-electron chi connectivity index (χ1n) is 7.39. The summed E-state index contributed by atoms with van der Waals surface area (Å²) in [6.07, 6.45) is 0. The summed E-state index contributed by atoms with van der Waals surface area (Å²) in [7, 11) is -0.556. The molecule has 1 aliphatic rings. The zero-order chi connectivity index (χ0) is 17.0. The summed E-state index contributed by atoms with van der Waals surface area (Å²) >= 11 is 12.2. The molecule has 1 aromatic heterocycles. The van der Waals surface area contributed by atoms with Crippen LogP contribution in [0.3, 0.4) is 0 Å². The predicted octanol–water partition coefficient (Wildman–Crippen LogP) is 4.26. The second-order valence-corrected chi connectivity index (χ2v) is 7.62. The average molecular weight is 354 g/mol. The second kappa shape index (κ2) is 5.52. The largest absolute Gasteiger partial charge is 0.500 e. The van der Waals surface area contributed by atoms with Crippen molar-refractivity contribution in [1.29, 1.82) is 0 Å². The Morgan fingerprint density at radius 2 is 1.48 bits per heavy atom. The molecule has 23 heavy (non-hydrogen) atoms. The van der Waals surface area contributed by atoms with Crippen LogP contribution < -0.4 is 5.46 Å². The van der Waals surface area contributed by atoms with Crippen LogP contribution in [0.5, 0.6) is 0 Å². The van der Waals surface area contributed by atoms with Crippen LogP contribution in [0.15, 0.2) is 22.7 Å². The fraction of sp³-hybridized carbons (Fsp3) is 0.438. The number of hydrogen-bond acceptors (Lipinski definition) is 4. The Morgan fingerprint density at radius 3 is 2.00 bits per heavy atom. The van der Waals surface area contributed by atoms with Gasteiger partial charge in [0, 0.05) is 15.6 Å². The minimum Gasteiger partial charge on any atom is -0.399 e. The van der Waals surface area contributed by atoms with Gasteiger partial charge in [0.25, 0.3) is 0 Å². The molecule has 1 fully saturated rings. The fourth-order valence-electron chi connectivity index (χ4n) is 2.52. The van der Waals surface area contributed by atoms with Gasteiger partial charge >= 0.3 is 7.12 Å².